The first-order valence-corrected chi connectivity index (χ1v) is 10.3. The lowest BCUT2D eigenvalue weighted by Gasteiger charge is -2.37. The number of fused-ring (bicyclic) bond motifs is 3. The fourth-order valence-electron chi connectivity index (χ4n) is 3.68. The number of carbonyl (C=O) groups excluding carboxylic acids is 1. The first-order valence-electron chi connectivity index (χ1n) is 9.07. The Morgan fingerprint density at radius 1 is 1.21 bits per heavy atom. The van der Waals surface area contributed by atoms with E-state index in [0.717, 1.165) is 28.1 Å². The van der Waals surface area contributed by atoms with Crippen molar-refractivity contribution in [1.82, 2.24) is 5.01 Å². The number of Topliss-reactive ketones (excluding diaryl/α,β-unsaturated/α-hetero) is 1. The summed E-state index contributed by atoms with van der Waals surface area (Å²) in [7, 11) is 0. The van der Waals surface area contributed by atoms with Crippen LogP contribution in [0.3, 0.4) is 0 Å². The highest BCUT2D eigenvalue weighted by Crippen LogP contribution is 2.44. The number of carbonyl (C=O) groups is 1. The molecule has 2 atom stereocenters. The number of halogens is 1. The van der Waals surface area contributed by atoms with Gasteiger partial charge in [0.05, 0.1) is 16.6 Å². The fourth-order valence-corrected chi connectivity index (χ4v) is 4.58. The number of ketones is 1. The molecule has 3 aromatic rings. The van der Waals surface area contributed by atoms with Gasteiger partial charge in [-0.25, -0.2) is 5.01 Å². The van der Waals surface area contributed by atoms with Crippen LogP contribution in [0, 0.1) is 6.92 Å². The van der Waals surface area contributed by atoms with Gasteiger partial charge in [0, 0.05) is 22.6 Å². The topological polar surface area (TPSA) is 41.9 Å². The van der Waals surface area contributed by atoms with Gasteiger partial charge in [0.2, 0.25) is 5.78 Å². The van der Waals surface area contributed by atoms with Gasteiger partial charge in [-0.15, -0.1) is 11.3 Å². The Morgan fingerprint density at radius 3 is 2.79 bits per heavy atom. The Bertz CT molecular complexity index is 1080. The SMILES string of the molecule is Cc1ccc(C(=O)[C@H]2Oc3ccc(Cl)cc3[C@H]3CC(c4cccs4)=NN23)cc1. The van der Waals surface area contributed by atoms with Gasteiger partial charge < -0.3 is 4.74 Å². The van der Waals surface area contributed by atoms with Crippen molar-refractivity contribution in [2.75, 3.05) is 0 Å². The third-order valence-corrected chi connectivity index (χ3v) is 6.27. The second-order valence-corrected chi connectivity index (χ2v) is 8.39. The molecule has 0 radical (unpaired) electrons. The molecular weight excluding hydrogens is 392 g/mol. The molecule has 6 heteroatoms. The Morgan fingerprint density at radius 2 is 2.04 bits per heavy atom. The largest absolute Gasteiger partial charge is 0.461 e. The molecule has 5 rings (SSSR count). The highest BCUT2D eigenvalue weighted by atomic mass is 35.5. The van der Waals surface area contributed by atoms with Gasteiger partial charge in [-0.3, -0.25) is 4.79 Å². The van der Waals surface area contributed by atoms with E-state index in [1.807, 2.05) is 54.8 Å². The van der Waals surface area contributed by atoms with Crippen LogP contribution < -0.4 is 4.74 Å². The number of nitrogens with zero attached hydrogens (tertiary/aromatic N) is 2. The van der Waals surface area contributed by atoms with Crippen molar-refractivity contribution in [1.29, 1.82) is 0 Å². The lowest BCUT2D eigenvalue weighted by molar-refractivity contribution is -0.00455. The van der Waals surface area contributed by atoms with Gasteiger partial charge in [0.25, 0.3) is 6.23 Å². The lowest BCUT2D eigenvalue weighted by atomic mass is 9.97. The smallest absolute Gasteiger partial charge is 0.251 e. The van der Waals surface area contributed by atoms with Crippen LogP contribution in [-0.4, -0.2) is 22.7 Å². The molecule has 1 aromatic heterocycles. The minimum atomic E-state index is -0.793. The summed E-state index contributed by atoms with van der Waals surface area (Å²) in [6.07, 6.45) is -0.0756. The van der Waals surface area contributed by atoms with Crippen molar-refractivity contribution in [3.63, 3.8) is 0 Å². The van der Waals surface area contributed by atoms with Crippen molar-refractivity contribution in [2.24, 2.45) is 5.10 Å². The van der Waals surface area contributed by atoms with Crippen molar-refractivity contribution in [3.05, 3.63) is 86.6 Å². The Kier molecular flexibility index (Phi) is 4.22. The third kappa shape index (κ3) is 2.91. The molecule has 3 heterocycles. The molecular formula is C22H17ClN2O2S. The maximum atomic E-state index is 13.3. The highest BCUT2D eigenvalue weighted by molar-refractivity contribution is 7.12. The summed E-state index contributed by atoms with van der Waals surface area (Å²) in [6, 6.07) is 17.1. The zero-order valence-corrected chi connectivity index (χ0v) is 16.7. The summed E-state index contributed by atoms with van der Waals surface area (Å²) in [5.74, 6) is 0.598. The second kappa shape index (κ2) is 6.76. The molecule has 2 aliphatic heterocycles. The van der Waals surface area contributed by atoms with E-state index in [0.29, 0.717) is 16.3 Å². The molecule has 0 fully saturated rings. The number of benzene rings is 2. The molecule has 2 aromatic carbocycles. The van der Waals surface area contributed by atoms with Gasteiger partial charge in [-0.2, -0.15) is 5.10 Å². The summed E-state index contributed by atoms with van der Waals surface area (Å²) in [6.45, 7) is 2.00. The zero-order valence-electron chi connectivity index (χ0n) is 15.1. The van der Waals surface area contributed by atoms with Crippen LogP contribution in [-0.2, 0) is 0 Å². The molecule has 0 unspecified atom stereocenters. The van der Waals surface area contributed by atoms with E-state index in [4.69, 9.17) is 21.4 Å². The highest BCUT2D eigenvalue weighted by Gasteiger charge is 2.43. The van der Waals surface area contributed by atoms with Crippen LogP contribution in [0.4, 0.5) is 0 Å². The van der Waals surface area contributed by atoms with Gasteiger partial charge >= 0.3 is 0 Å². The number of aryl methyl sites for hydroxylation is 1. The summed E-state index contributed by atoms with van der Waals surface area (Å²) in [5.41, 5.74) is 3.67. The molecule has 28 heavy (non-hydrogen) atoms. The van der Waals surface area contributed by atoms with Gasteiger partial charge in [0.15, 0.2) is 0 Å². The summed E-state index contributed by atoms with van der Waals surface area (Å²) in [4.78, 5) is 14.4. The molecule has 0 amide bonds. The molecule has 0 bridgehead atoms. The average molecular weight is 409 g/mol. The lowest BCUT2D eigenvalue weighted by Crippen LogP contribution is -2.45. The standard InChI is InChI=1S/C22H17ClN2O2S/c1-13-4-6-14(7-5-13)21(26)22-25-18(12-17(24-25)20-3-2-10-28-20)16-11-15(23)8-9-19(16)27-22/h2-11,18,22H,12H2,1H3/t18-,22-/m1/s1. The average Bonchev–Trinajstić information content (AvgIpc) is 3.37. The fraction of sp³-hybridized carbons (Fsp3) is 0.182. The van der Waals surface area contributed by atoms with E-state index in [-0.39, 0.29) is 11.8 Å². The van der Waals surface area contributed by atoms with E-state index in [1.54, 1.807) is 22.4 Å². The van der Waals surface area contributed by atoms with Gasteiger partial charge in [-0.05, 0) is 36.6 Å². The van der Waals surface area contributed by atoms with Crippen LogP contribution in [0.25, 0.3) is 0 Å². The molecule has 0 N–H and O–H groups in total. The monoisotopic (exact) mass is 408 g/mol. The summed E-state index contributed by atoms with van der Waals surface area (Å²) < 4.78 is 6.13. The Hall–Kier alpha value is -2.63. The normalized spacial score (nSPS) is 20.2. The van der Waals surface area contributed by atoms with Crippen LogP contribution in [0.15, 0.2) is 65.1 Å². The van der Waals surface area contributed by atoms with E-state index in [2.05, 4.69) is 6.07 Å². The molecule has 0 saturated carbocycles. The van der Waals surface area contributed by atoms with Crippen LogP contribution in [0.1, 0.15) is 38.8 Å². The van der Waals surface area contributed by atoms with Gasteiger partial charge in [0.1, 0.15) is 5.75 Å². The third-order valence-electron chi connectivity index (χ3n) is 5.12. The summed E-state index contributed by atoms with van der Waals surface area (Å²) >= 11 is 7.88. The minimum Gasteiger partial charge on any atom is -0.461 e. The number of rotatable bonds is 3. The predicted molar refractivity (Wildman–Crippen MR) is 111 cm³/mol. The van der Waals surface area contributed by atoms with Gasteiger partial charge in [-0.1, -0.05) is 47.5 Å². The number of thiophene rings is 1. The first-order chi connectivity index (χ1) is 13.6. The quantitative estimate of drug-likeness (QED) is 0.540. The molecule has 0 spiro atoms. The maximum Gasteiger partial charge on any atom is 0.251 e. The first kappa shape index (κ1) is 17.5. The van der Waals surface area contributed by atoms with Crippen LogP contribution in [0.2, 0.25) is 5.02 Å². The van der Waals surface area contributed by atoms with E-state index >= 15 is 0 Å². The summed E-state index contributed by atoms with van der Waals surface area (Å²) in [5, 5.41) is 9.28. The van der Waals surface area contributed by atoms with Crippen molar-refractivity contribution < 1.29 is 9.53 Å². The van der Waals surface area contributed by atoms with Crippen molar-refractivity contribution in [3.8, 4) is 5.75 Å². The van der Waals surface area contributed by atoms with E-state index < -0.39 is 6.23 Å². The number of hydrogen-bond donors (Lipinski definition) is 0. The Labute approximate surface area is 172 Å². The second-order valence-electron chi connectivity index (χ2n) is 7.01. The predicted octanol–water partition coefficient (Wildman–Crippen LogP) is 5.46. The zero-order chi connectivity index (χ0) is 19.3. The van der Waals surface area contributed by atoms with Crippen LogP contribution in [0.5, 0.6) is 5.75 Å². The molecule has 4 nitrogen and oxygen atoms in total. The number of hydrogen-bond acceptors (Lipinski definition) is 5. The van der Waals surface area contributed by atoms with Crippen LogP contribution >= 0.6 is 22.9 Å². The molecule has 0 aliphatic carbocycles. The molecule has 2 aliphatic rings. The Balaban J connectivity index is 1.57. The molecule has 0 saturated heterocycles. The molecule has 140 valence electrons. The number of hydrazone groups is 1. The minimum absolute atomic E-state index is 0.0704. The van der Waals surface area contributed by atoms with Crippen molar-refractivity contribution in [2.45, 2.75) is 25.6 Å². The number of ether oxygens (including phenoxy) is 1. The maximum absolute atomic E-state index is 13.3. The van der Waals surface area contributed by atoms with E-state index in [1.165, 1.54) is 0 Å². The van der Waals surface area contributed by atoms with E-state index in [9.17, 15) is 4.79 Å². The van der Waals surface area contributed by atoms with Crippen molar-refractivity contribution >= 4 is 34.4 Å².